The van der Waals surface area contributed by atoms with E-state index in [1.54, 1.807) is 19.1 Å². The minimum Gasteiger partial charge on any atom is -0.468 e. The Balaban J connectivity index is 2.77. The summed E-state index contributed by atoms with van der Waals surface area (Å²) >= 11 is 11.8. The van der Waals surface area contributed by atoms with Crippen LogP contribution in [0, 0.1) is 0 Å². The van der Waals surface area contributed by atoms with Gasteiger partial charge in [-0.3, -0.25) is 4.79 Å². The largest absolute Gasteiger partial charge is 0.468 e. The number of halogens is 2. The maximum absolute atomic E-state index is 11.3. The average Bonchev–Trinajstić information content (AvgIpc) is 2.20. The number of alkyl halides is 1. The maximum Gasteiger partial charge on any atom is 0.326 e. The molecule has 0 saturated carbocycles. The molecule has 82 valence electrons. The van der Waals surface area contributed by atoms with Crippen molar-refractivity contribution in [1.82, 2.24) is 0 Å². The Labute approximate surface area is 99.1 Å². The van der Waals surface area contributed by atoms with Gasteiger partial charge in [-0.1, -0.05) is 23.7 Å². The lowest BCUT2D eigenvalue weighted by molar-refractivity contribution is -0.143. The standard InChI is InChI=1S/C11H12Cl2O2/c1-11(13,10(14)15-2)7-8-3-5-9(12)6-4-8/h3-6H,7H2,1-2H3. The van der Waals surface area contributed by atoms with Crippen molar-refractivity contribution in [2.45, 2.75) is 18.2 Å². The summed E-state index contributed by atoms with van der Waals surface area (Å²) in [6, 6.07) is 7.21. The Bertz CT molecular complexity index is 344. The van der Waals surface area contributed by atoms with Crippen LogP contribution in [0.4, 0.5) is 0 Å². The molecule has 0 heterocycles. The van der Waals surface area contributed by atoms with E-state index in [-0.39, 0.29) is 0 Å². The van der Waals surface area contributed by atoms with Crippen molar-refractivity contribution in [3.05, 3.63) is 34.9 Å². The van der Waals surface area contributed by atoms with Gasteiger partial charge in [0.05, 0.1) is 7.11 Å². The normalized spacial score (nSPS) is 14.4. The average molecular weight is 247 g/mol. The number of hydrogen-bond acceptors (Lipinski definition) is 2. The Morgan fingerprint density at radius 1 is 1.40 bits per heavy atom. The van der Waals surface area contributed by atoms with Crippen LogP contribution in [0.1, 0.15) is 12.5 Å². The molecule has 0 spiro atoms. The van der Waals surface area contributed by atoms with E-state index in [0.29, 0.717) is 11.4 Å². The third-order valence-corrected chi connectivity index (χ3v) is 2.60. The molecule has 0 bridgehead atoms. The van der Waals surface area contributed by atoms with E-state index in [2.05, 4.69) is 4.74 Å². The smallest absolute Gasteiger partial charge is 0.326 e. The van der Waals surface area contributed by atoms with Gasteiger partial charge in [-0.15, -0.1) is 11.6 Å². The van der Waals surface area contributed by atoms with Crippen LogP contribution in [-0.4, -0.2) is 18.0 Å². The van der Waals surface area contributed by atoms with Gasteiger partial charge in [0.15, 0.2) is 0 Å². The van der Waals surface area contributed by atoms with Gasteiger partial charge in [-0.2, -0.15) is 0 Å². The van der Waals surface area contributed by atoms with Gasteiger partial charge in [0, 0.05) is 11.4 Å². The third kappa shape index (κ3) is 3.40. The summed E-state index contributed by atoms with van der Waals surface area (Å²) in [6.07, 6.45) is 0.415. The molecule has 1 unspecified atom stereocenters. The monoisotopic (exact) mass is 246 g/mol. The second-order valence-corrected chi connectivity index (χ2v) is 4.76. The summed E-state index contributed by atoms with van der Waals surface area (Å²) in [7, 11) is 1.32. The van der Waals surface area contributed by atoms with E-state index in [0.717, 1.165) is 5.56 Å². The lowest BCUT2D eigenvalue weighted by Crippen LogP contribution is -2.32. The lowest BCUT2D eigenvalue weighted by Gasteiger charge is -2.18. The fourth-order valence-electron chi connectivity index (χ4n) is 1.27. The van der Waals surface area contributed by atoms with Gasteiger partial charge in [-0.05, 0) is 24.6 Å². The van der Waals surface area contributed by atoms with E-state index in [1.165, 1.54) is 7.11 Å². The minimum atomic E-state index is -1.03. The Morgan fingerprint density at radius 3 is 2.40 bits per heavy atom. The number of methoxy groups -OCH3 is 1. The predicted octanol–water partition coefficient (Wildman–Crippen LogP) is 3.05. The van der Waals surface area contributed by atoms with Gasteiger partial charge in [0.25, 0.3) is 0 Å². The van der Waals surface area contributed by atoms with Crippen molar-refractivity contribution in [2.75, 3.05) is 7.11 Å². The topological polar surface area (TPSA) is 26.3 Å². The van der Waals surface area contributed by atoms with Gasteiger partial charge in [0.2, 0.25) is 0 Å². The summed E-state index contributed by atoms with van der Waals surface area (Å²) in [5, 5.41) is 0.660. The first-order valence-corrected chi connectivity index (χ1v) is 5.23. The zero-order valence-electron chi connectivity index (χ0n) is 8.59. The van der Waals surface area contributed by atoms with Crippen molar-refractivity contribution < 1.29 is 9.53 Å². The summed E-state index contributed by atoms with van der Waals surface area (Å²) < 4.78 is 4.61. The first-order chi connectivity index (χ1) is 6.95. The number of ether oxygens (including phenoxy) is 1. The van der Waals surface area contributed by atoms with Gasteiger partial charge < -0.3 is 4.74 Å². The van der Waals surface area contributed by atoms with E-state index >= 15 is 0 Å². The van der Waals surface area contributed by atoms with Crippen molar-refractivity contribution in [2.24, 2.45) is 0 Å². The fraction of sp³-hybridized carbons (Fsp3) is 0.364. The molecule has 0 fully saturated rings. The summed E-state index contributed by atoms with van der Waals surface area (Å²) in [6.45, 7) is 1.63. The molecule has 0 radical (unpaired) electrons. The number of carbonyl (C=O) groups is 1. The first-order valence-electron chi connectivity index (χ1n) is 4.47. The van der Waals surface area contributed by atoms with Crippen molar-refractivity contribution in [1.29, 1.82) is 0 Å². The van der Waals surface area contributed by atoms with Crippen molar-refractivity contribution >= 4 is 29.2 Å². The Hall–Kier alpha value is -0.730. The molecule has 0 aliphatic carbocycles. The van der Waals surface area contributed by atoms with E-state index in [9.17, 15) is 4.79 Å². The van der Waals surface area contributed by atoms with Crippen LogP contribution in [0.2, 0.25) is 5.02 Å². The lowest BCUT2D eigenvalue weighted by atomic mass is 10.0. The molecule has 15 heavy (non-hydrogen) atoms. The molecule has 1 atom stereocenters. The van der Waals surface area contributed by atoms with Crippen LogP contribution in [0.15, 0.2) is 24.3 Å². The molecule has 0 N–H and O–H groups in total. The summed E-state index contributed by atoms with van der Waals surface area (Å²) in [4.78, 5) is 10.3. The highest BCUT2D eigenvalue weighted by Crippen LogP contribution is 2.23. The second kappa shape index (κ2) is 4.86. The zero-order chi connectivity index (χ0) is 11.5. The van der Waals surface area contributed by atoms with E-state index in [1.807, 2.05) is 12.1 Å². The van der Waals surface area contributed by atoms with Gasteiger partial charge >= 0.3 is 5.97 Å². The zero-order valence-corrected chi connectivity index (χ0v) is 10.1. The van der Waals surface area contributed by atoms with E-state index in [4.69, 9.17) is 23.2 Å². The highest BCUT2D eigenvalue weighted by atomic mass is 35.5. The molecule has 0 aromatic heterocycles. The fourth-order valence-corrected chi connectivity index (χ4v) is 1.63. The molecular weight excluding hydrogens is 235 g/mol. The maximum atomic E-state index is 11.3. The number of hydrogen-bond donors (Lipinski definition) is 0. The van der Waals surface area contributed by atoms with Crippen molar-refractivity contribution in [3.8, 4) is 0 Å². The van der Waals surface area contributed by atoms with Gasteiger partial charge in [-0.25, -0.2) is 0 Å². The molecule has 0 amide bonds. The molecule has 1 rings (SSSR count). The SMILES string of the molecule is COC(=O)C(C)(Cl)Cc1ccc(Cl)cc1. The molecule has 2 nitrogen and oxygen atoms in total. The first kappa shape index (κ1) is 12.3. The summed E-state index contributed by atoms with van der Waals surface area (Å²) in [5.41, 5.74) is 0.947. The number of carbonyl (C=O) groups excluding carboxylic acids is 1. The predicted molar refractivity (Wildman–Crippen MR) is 61.4 cm³/mol. The highest BCUT2D eigenvalue weighted by Gasteiger charge is 2.31. The van der Waals surface area contributed by atoms with Crippen LogP contribution >= 0.6 is 23.2 Å². The minimum absolute atomic E-state index is 0.415. The Kier molecular flexibility index (Phi) is 4.00. The highest BCUT2D eigenvalue weighted by molar-refractivity contribution is 6.33. The molecule has 1 aromatic rings. The quantitative estimate of drug-likeness (QED) is 0.606. The summed E-state index contributed by atoms with van der Waals surface area (Å²) in [5.74, 6) is -0.431. The van der Waals surface area contributed by atoms with E-state index < -0.39 is 10.8 Å². The molecular formula is C11H12Cl2O2. The van der Waals surface area contributed by atoms with Crippen LogP contribution in [0.5, 0.6) is 0 Å². The Morgan fingerprint density at radius 2 is 1.93 bits per heavy atom. The van der Waals surface area contributed by atoms with Gasteiger partial charge in [0.1, 0.15) is 4.87 Å². The van der Waals surface area contributed by atoms with Crippen LogP contribution in [0.25, 0.3) is 0 Å². The number of esters is 1. The van der Waals surface area contributed by atoms with Crippen LogP contribution in [-0.2, 0) is 16.0 Å². The number of rotatable bonds is 3. The van der Waals surface area contributed by atoms with Crippen molar-refractivity contribution in [3.63, 3.8) is 0 Å². The second-order valence-electron chi connectivity index (χ2n) is 3.49. The number of benzene rings is 1. The molecule has 4 heteroatoms. The van der Waals surface area contributed by atoms with Crippen LogP contribution < -0.4 is 0 Å². The molecule has 0 aliphatic rings. The van der Waals surface area contributed by atoms with Crippen LogP contribution in [0.3, 0.4) is 0 Å². The molecule has 0 saturated heterocycles. The third-order valence-electron chi connectivity index (χ3n) is 2.06. The molecule has 1 aromatic carbocycles. The molecule has 0 aliphatic heterocycles.